The van der Waals surface area contributed by atoms with Crippen LogP contribution in [0.3, 0.4) is 0 Å². The van der Waals surface area contributed by atoms with Crippen molar-refractivity contribution in [3.8, 4) is 0 Å². The Hall–Kier alpha value is -1.15. The molecule has 0 saturated carbocycles. The quantitative estimate of drug-likeness (QED) is 0.698. The van der Waals surface area contributed by atoms with Crippen LogP contribution in [0.5, 0.6) is 0 Å². The highest BCUT2D eigenvalue weighted by Gasteiger charge is 2.05. The Morgan fingerprint density at radius 1 is 1.54 bits per heavy atom. The molecule has 0 aliphatic heterocycles. The van der Waals surface area contributed by atoms with Gasteiger partial charge in [0.05, 0.1) is 0 Å². The summed E-state index contributed by atoms with van der Waals surface area (Å²) >= 11 is 0. The Morgan fingerprint density at radius 3 is 2.77 bits per heavy atom. The summed E-state index contributed by atoms with van der Waals surface area (Å²) in [7, 11) is 1.84. The molecule has 2 heteroatoms. The maximum atomic E-state index is 13.2. The molecule has 0 heterocycles. The highest BCUT2D eigenvalue weighted by Crippen LogP contribution is 2.09. The van der Waals surface area contributed by atoms with E-state index in [-0.39, 0.29) is 11.9 Å². The largest absolute Gasteiger partial charge is 0.313 e. The van der Waals surface area contributed by atoms with E-state index in [1.807, 2.05) is 13.1 Å². The number of hydrogen-bond donors (Lipinski definition) is 1. The van der Waals surface area contributed by atoms with Crippen molar-refractivity contribution in [3.63, 3.8) is 0 Å². The van der Waals surface area contributed by atoms with E-state index in [1.165, 1.54) is 6.07 Å². The molecule has 70 valence electrons. The summed E-state index contributed by atoms with van der Waals surface area (Å²) in [6.07, 6.45) is 2.43. The van der Waals surface area contributed by atoms with Gasteiger partial charge in [-0.05, 0) is 25.1 Å². The van der Waals surface area contributed by atoms with E-state index >= 15 is 0 Å². The second-order valence-electron chi connectivity index (χ2n) is 2.93. The van der Waals surface area contributed by atoms with Crippen LogP contribution in [0.1, 0.15) is 5.56 Å². The lowest BCUT2D eigenvalue weighted by atomic mass is 10.1. The van der Waals surface area contributed by atoms with Crippen LogP contribution in [-0.2, 0) is 6.42 Å². The molecule has 1 N–H and O–H groups in total. The van der Waals surface area contributed by atoms with Crippen LogP contribution < -0.4 is 5.32 Å². The third-order valence-corrected chi connectivity index (χ3v) is 2.05. The summed E-state index contributed by atoms with van der Waals surface area (Å²) in [4.78, 5) is 0. The molecular formula is C11H14FN. The first-order valence-corrected chi connectivity index (χ1v) is 4.31. The second kappa shape index (κ2) is 4.77. The Morgan fingerprint density at radius 2 is 2.23 bits per heavy atom. The van der Waals surface area contributed by atoms with Gasteiger partial charge in [-0.1, -0.05) is 24.3 Å². The van der Waals surface area contributed by atoms with Gasteiger partial charge in [0.2, 0.25) is 0 Å². The van der Waals surface area contributed by atoms with Gasteiger partial charge in [-0.3, -0.25) is 0 Å². The number of benzene rings is 1. The first kappa shape index (κ1) is 9.93. The third-order valence-electron chi connectivity index (χ3n) is 2.05. The molecule has 1 nitrogen and oxygen atoms in total. The third kappa shape index (κ3) is 2.67. The summed E-state index contributed by atoms with van der Waals surface area (Å²) < 4.78 is 13.2. The first-order chi connectivity index (χ1) is 6.27. The summed E-state index contributed by atoms with van der Waals surface area (Å²) in [5.41, 5.74) is 0.724. The molecule has 0 radical (unpaired) electrons. The maximum Gasteiger partial charge on any atom is 0.126 e. The van der Waals surface area contributed by atoms with Gasteiger partial charge >= 0.3 is 0 Å². The molecule has 0 aliphatic carbocycles. The van der Waals surface area contributed by atoms with Crippen molar-refractivity contribution in [1.29, 1.82) is 0 Å². The van der Waals surface area contributed by atoms with E-state index < -0.39 is 0 Å². The minimum Gasteiger partial charge on any atom is -0.313 e. The first-order valence-electron chi connectivity index (χ1n) is 4.31. The summed E-state index contributed by atoms with van der Waals surface area (Å²) in [5.74, 6) is -0.149. The van der Waals surface area contributed by atoms with Gasteiger partial charge < -0.3 is 5.32 Å². The van der Waals surface area contributed by atoms with E-state index in [0.717, 1.165) is 5.56 Å². The van der Waals surface area contributed by atoms with Gasteiger partial charge in [0, 0.05) is 6.04 Å². The van der Waals surface area contributed by atoms with Gasteiger partial charge in [-0.25, -0.2) is 4.39 Å². The zero-order chi connectivity index (χ0) is 9.68. The predicted octanol–water partition coefficient (Wildman–Crippen LogP) is 2.14. The Kier molecular flexibility index (Phi) is 3.65. The molecule has 1 aromatic rings. The van der Waals surface area contributed by atoms with Crippen LogP contribution in [0.4, 0.5) is 4.39 Å². The molecule has 0 spiro atoms. The van der Waals surface area contributed by atoms with E-state index in [9.17, 15) is 4.39 Å². The van der Waals surface area contributed by atoms with Crippen LogP contribution in [0.25, 0.3) is 0 Å². The predicted molar refractivity (Wildman–Crippen MR) is 53.1 cm³/mol. The standard InChI is InChI=1S/C11H14FN/c1-3-10(13-2)8-9-6-4-5-7-11(9)12/h3-7,10,13H,1,8H2,2H3. The lowest BCUT2D eigenvalue weighted by molar-refractivity contribution is 0.586. The molecular weight excluding hydrogens is 165 g/mol. The van der Waals surface area contributed by atoms with Crippen molar-refractivity contribution in [2.75, 3.05) is 7.05 Å². The van der Waals surface area contributed by atoms with Crippen molar-refractivity contribution < 1.29 is 4.39 Å². The van der Waals surface area contributed by atoms with Crippen LogP contribution in [0, 0.1) is 5.82 Å². The molecule has 13 heavy (non-hydrogen) atoms. The highest BCUT2D eigenvalue weighted by atomic mass is 19.1. The molecule has 1 aromatic carbocycles. The lowest BCUT2D eigenvalue weighted by Crippen LogP contribution is -2.25. The highest BCUT2D eigenvalue weighted by molar-refractivity contribution is 5.19. The van der Waals surface area contributed by atoms with Crippen molar-refractivity contribution >= 4 is 0 Å². The van der Waals surface area contributed by atoms with E-state index in [0.29, 0.717) is 6.42 Å². The van der Waals surface area contributed by atoms with Crippen LogP contribution in [0.2, 0.25) is 0 Å². The van der Waals surface area contributed by atoms with Gasteiger partial charge in [0.1, 0.15) is 5.82 Å². The molecule has 1 rings (SSSR count). The van der Waals surface area contributed by atoms with Crippen molar-refractivity contribution in [1.82, 2.24) is 5.32 Å². The SMILES string of the molecule is C=CC(Cc1ccccc1F)NC. The van der Waals surface area contributed by atoms with Crippen LogP contribution in [-0.4, -0.2) is 13.1 Å². The minimum atomic E-state index is -0.149. The van der Waals surface area contributed by atoms with Gasteiger partial charge in [0.25, 0.3) is 0 Å². The number of halogens is 1. The average Bonchev–Trinajstić information content (AvgIpc) is 2.17. The van der Waals surface area contributed by atoms with Gasteiger partial charge in [0.15, 0.2) is 0 Å². The normalized spacial score (nSPS) is 12.5. The summed E-state index contributed by atoms with van der Waals surface area (Å²) in [6.45, 7) is 3.67. The van der Waals surface area contributed by atoms with Crippen molar-refractivity contribution in [2.24, 2.45) is 0 Å². The fourth-order valence-electron chi connectivity index (χ4n) is 1.20. The number of hydrogen-bond acceptors (Lipinski definition) is 1. The Balaban J connectivity index is 2.73. The summed E-state index contributed by atoms with van der Waals surface area (Å²) in [6, 6.07) is 6.95. The van der Waals surface area contributed by atoms with Crippen LogP contribution in [0.15, 0.2) is 36.9 Å². The molecule has 0 saturated heterocycles. The zero-order valence-corrected chi connectivity index (χ0v) is 7.76. The molecule has 0 fully saturated rings. The molecule has 1 atom stereocenters. The summed E-state index contributed by atoms with van der Waals surface area (Å²) in [5, 5.41) is 3.04. The number of rotatable bonds is 4. The molecule has 0 aliphatic rings. The number of nitrogens with one attached hydrogen (secondary N) is 1. The zero-order valence-electron chi connectivity index (χ0n) is 7.76. The molecule has 0 amide bonds. The fraction of sp³-hybridized carbons (Fsp3) is 0.273. The van der Waals surface area contributed by atoms with Gasteiger partial charge in [-0.15, -0.1) is 6.58 Å². The van der Waals surface area contributed by atoms with E-state index in [4.69, 9.17) is 0 Å². The Labute approximate surface area is 78.3 Å². The second-order valence-corrected chi connectivity index (χ2v) is 2.93. The van der Waals surface area contributed by atoms with E-state index in [1.54, 1.807) is 18.2 Å². The maximum absolute atomic E-state index is 13.2. The minimum absolute atomic E-state index is 0.136. The van der Waals surface area contributed by atoms with Crippen molar-refractivity contribution in [3.05, 3.63) is 48.3 Å². The average molecular weight is 179 g/mol. The van der Waals surface area contributed by atoms with Gasteiger partial charge in [-0.2, -0.15) is 0 Å². The number of likely N-dealkylation sites (N-methyl/N-ethyl adjacent to an activating group) is 1. The monoisotopic (exact) mass is 179 g/mol. The van der Waals surface area contributed by atoms with Crippen LogP contribution >= 0.6 is 0 Å². The molecule has 0 aromatic heterocycles. The van der Waals surface area contributed by atoms with Crippen molar-refractivity contribution in [2.45, 2.75) is 12.5 Å². The fourth-order valence-corrected chi connectivity index (χ4v) is 1.20. The Bertz CT molecular complexity index is 283. The smallest absolute Gasteiger partial charge is 0.126 e. The van der Waals surface area contributed by atoms with E-state index in [2.05, 4.69) is 11.9 Å². The topological polar surface area (TPSA) is 12.0 Å². The molecule has 0 bridgehead atoms. The molecule has 1 unspecified atom stereocenters. The lowest BCUT2D eigenvalue weighted by Gasteiger charge is -2.11.